The fraction of sp³-hybridized carbons (Fsp3) is 0.412. The van der Waals surface area contributed by atoms with Gasteiger partial charge >= 0.3 is 5.97 Å². The Kier molecular flexibility index (Phi) is 6.40. The van der Waals surface area contributed by atoms with E-state index in [1.54, 1.807) is 11.3 Å². The molecule has 0 aliphatic rings. The highest BCUT2D eigenvalue weighted by Crippen LogP contribution is 2.17. The number of hydrogen-bond acceptors (Lipinski definition) is 4. The molecule has 2 aromatic rings. The quantitative estimate of drug-likeness (QED) is 0.713. The third kappa shape index (κ3) is 5.48. The summed E-state index contributed by atoms with van der Waals surface area (Å²) in [5, 5.41) is 8.63. The minimum absolute atomic E-state index is 0.239. The molecule has 0 bridgehead atoms. The lowest BCUT2D eigenvalue weighted by atomic mass is 10.1. The number of aliphatic carboxylic acids is 1. The molecule has 0 spiro atoms. The summed E-state index contributed by atoms with van der Waals surface area (Å²) in [6, 6.07) is 8.03. The average molecular weight is 319 g/mol. The van der Waals surface area contributed by atoms with Gasteiger partial charge in [0.2, 0.25) is 0 Å². The first kappa shape index (κ1) is 16.5. The number of benzene rings is 1. The molecule has 0 unspecified atom stereocenters. The Morgan fingerprint density at radius 1 is 1.32 bits per heavy atom. The van der Waals surface area contributed by atoms with Gasteiger partial charge < -0.3 is 9.84 Å². The lowest BCUT2D eigenvalue weighted by Gasteiger charge is -2.08. The highest BCUT2D eigenvalue weighted by atomic mass is 32.1. The van der Waals surface area contributed by atoms with Crippen LogP contribution in [0.25, 0.3) is 0 Å². The number of carbonyl (C=O) groups is 1. The Hall–Kier alpha value is -1.88. The molecule has 0 amide bonds. The number of rotatable bonds is 9. The minimum atomic E-state index is -0.727. The van der Waals surface area contributed by atoms with Crippen LogP contribution in [0.5, 0.6) is 5.75 Å². The van der Waals surface area contributed by atoms with Gasteiger partial charge in [-0.3, -0.25) is 4.79 Å². The summed E-state index contributed by atoms with van der Waals surface area (Å²) in [5.74, 6) is 0.137. The molecule has 0 fully saturated rings. The maximum Gasteiger partial charge on any atom is 0.303 e. The summed E-state index contributed by atoms with van der Waals surface area (Å²) in [4.78, 5) is 16.0. The van der Waals surface area contributed by atoms with Crippen molar-refractivity contribution < 1.29 is 14.6 Å². The minimum Gasteiger partial charge on any atom is -0.493 e. The van der Waals surface area contributed by atoms with Crippen molar-refractivity contribution in [1.29, 1.82) is 0 Å². The summed E-state index contributed by atoms with van der Waals surface area (Å²) in [7, 11) is 0. The number of nitrogens with zero attached hydrogens (tertiary/aromatic N) is 1. The topological polar surface area (TPSA) is 59.4 Å². The van der Waals surface area contributed by atoms with Gasteiger partial charge in [-0.15, -0.1) is 11.3 Å². The Bertz CT molecular complexity index is 609. The van der Waals surface area contributed by atoms with Crippen molar-refractivity contribution in [3.8, 4) is 5.75 Å². The fourth-order valence-corrected chi connectivity index (χ4v) is 2.86. The first-order chi connectivity index (χ1) is 10.6. The number of aromatic nitrogens is 1. The Labute approximate surface area is 134 Å². The number of carboxylic acids is 1. The molecule has 2 rings (SSSR count). The zero-order valence-electron chi connectivity index (χ0n) is 12.7. The Morgan fingerprint density at radius 3 is 2.91 bits per heavy atom. The number of carboxylic acid groups (broad SMARTS) is 1. The van der Waals surface area contributed by atoms with Gasteiger partial charge in [0.15, 0.2) is 0 Å². The van der Waals surface area contributed by atoms with E-state index < -0.39 is 5.97 Å². The average Bonchev–Trinajstić information content (AvgIpc) is 2.90. The van der Waals surface area contributed by atoms with Crippen LogP contribution in [0.3, 0.4) is 0 Å². The highest BCUT2D eigenvalue weighted by molar-refractivity contribution is 7.09. The normalized spacial score (nSPS) is 10.6. The molecule has 1 aromatic heterocycles. The summed E-state index contributed by atoms with van der Waals surface area (Å²) in [6.45, 7) is 2.69. The summed E-state index contributed by atoms with van der Waals surface area (Å²) in [5.41, 5.74) is 4.16. The fourth-order valence-electron chi connectivity index (χ4n) is 2.23. The molecular formula is C17H21NO3S. The van der Waals surface area contributed by atoms with Gasteiger partial charge in [0.1, 0.15) is 5.75 Å². The number of aryl methyl sites for hydroxylation is 2. The molecular weight excluding hydrogens is 298 g/mol. The van der Waals surface area contributed by atoms with Crippen LogP contribution in [-0.2, 0) is 17.6 Å². The first-order valence-corrected chi connectivity index (χ1v) is 8.35. The van der Waals surface area contributed by atoms with Crippen LogP contribution in [0.2, 0.25) is 0 Å². The predicted octanol–water partition coefficient (Wildman–Crippen LogP) is 3.87. The lowest BCUT2D eigenvalue weighted by Crippen LogP contribution is -2.03. The molecule has 1 heterocycles. The van der Waals surface area contributed by atoms with Gasteiger partial charge in [0.05, 0.1) is 17.8 Å². The maximum absolute atomic E-state index is 10.5. The van der Waals surface area contributed by atoms with E-state index >= 15 is 0 Å². The number of ether oxygens (including phenoxy) is 1. The highest BCUT2D eigenvalue weighted by Gasteiger charge is 2.03. The van der Waals surface area contributed by atoms with Gasteiger partial charge in [-0.05, 0) is 43.9 Å². The third-order valence-electron chi connectivity index (χ3n) is 3.46. The van der Waals surface area contributed by atoms with E-state index in [0.29, 0.717) is 13.0 Å². The predicted molar refractivity (Wildman–Crippen MR) is 87.7 cm³/mol. The van der Waals surface area contributed by atoms with Crippen LogP contribution < -0.4 is 4.74 Å². The van der Waals surface area contributed by atoms with Gasteiger partial charge in [0.25, 0.3) is 0 Å². The second-order valence-corrected chi connectivity index (χ2v) is 6.26. The molecule has 4 nitrogen and oxygen atoms in total. The van der Waals surface area contributed by atoms with E-state index in [4.69, 9.17) is 9.84 Å². The van der Waals surface area contributed by atoms with Gasteiger partial charge in [-0.1, -0.05) is 12.1 Å². The van der Waals surface area contributed by atoms with Crippen molar-refractivity contribution in [3.05, 3.63) is 45.9 Å². The smallest absolute Gasteiger partial charge is 0.303 e. The second-order valence-electron chi connectivity index (χ2n) is 5.20. The van der Waals surface area contributed by atoms with E-state index in [1.807, 2.05) is 23.7 Å². The first-order valence-electron chi connectivity index (χ1n) is 7.47. The van der Waals surface area contributed by atoms with Crippen LogP contribution >= 0.6 is 11.3 Å². The molecule has 0 aliphatic heterocycles. The van der Waals surface area contributed by atoms with Crippen LogP contribution in [0.1, 0.15) is 35.4 Å². The van der Waals surface area contributed by atoms with E-state index in [2.05, 4.69) is 18.0 Å². The molecule has 5 heteroatoms. The maximum atomic E-state index is 10.5. The molecule has 1 aromatic carbocycles. The molecule has 0 radical (unpaired) electrons. The summed E-state index contributed by atoms with van der Waals surface area (Å²) in [6.07, 6.45) is 3.54. The van der Waals surface area contributed by atoms with Crippen molar-refractivity contribution in [2.45, 2.75) is 39.0 Å². The largest absolute Gasteiger partial charge is 0.493 e. The number of thiazole rings is 1. The number of unbranched alkanes of at least 4 members (excludes halogenated alkanes) is 1. The molecule has 0 saturated carbocycles. The van der Waals surface area contributed by atoms with Crippen molar-refractivity contribution in [3.63, 3.8) is 0 Å². The van der Waals surface area contributed by atoms with Crippen molar-refractivity contribution >= 4 is 17.3 Å². The standard InChI is InChI=1S/C17H21NO3S/c1-13-16(18-12-22-13)9-10-21-15-7-4-6-14(11-15)5-2-3-8-17(19)20/h4,6-7,11-12H,2-3,5,8-10H2,1H3,(H,19,20). The zero-order chi connectivity index (χ0) is 15.8. The van der Waals surface area contributed by atoms with Gasteiger partial charge in [-0.25, -0.2) is 4.98 Å². The van der Waals surface area contributed by atoms with Gasteiger partial charge in [-0.2, -0.15) is 0 Å². The van der Waals surface area contributed by atoms with Crippen LogP contribution in [0.15, 0.2) is 29.8 Å². The molecule has 0 aliphatic carbocycles. The zero-order valence-corrected chi connectivity index (χ0v) is 13.6. The van der Waals surface area contributed by atoms with E-state index in [1.165, 1.54) is 10.4 Å². The van der Waals surface area contributed by atoms with Gasteiger partial charge in [0, 0.05) is 17.7 Å². The van der Waals surface area contributed by atoms with Crippen molar-refractivity contribution in [2.24, 2.45) is 0 Å². The van der Waals surface area contributed by atoms with E-state index in [9.17, 15) is 4.79 Å². The third-order valence-corrected chi connectivity index (χ3v) is 4.26. The summed E-state index contributed by atoms with van der Waals surface area (Å²) < 4.78 is 5.79. The Balaban J connectivity index is 1.76. The SMILES string of the molecule is Cc1scnc1CCOc1cccc(CCCCC(=O)O)c1. The Morgan fingerprint density at radius 2 is 2.18 bits per heavy atom. The molecule has 118 valence electrons. The second kappa shape index (κ2) is 8.54. The molecule has 0 saturated heterocycles. The van der Waals surface area contributed by atoms with Crippen molar-refractivity contribution in [1.82, 2.24) is 4.98 Å². The van der Waals surface area contributed by atoms with E-state index in [0.717, 1.165) is 30.7 Å². The van der Waals surface area contributed by atoms with Crippen LogP contribution in [0, 0.1) is 6.92 Å². The monoisotopic (exact) mass is 319 g/mol. The van der Waals surface area contributed by atoms with E-state index in [-0.39, 0.29) is 6.42 Å². The summed E-state index contributed by atoms with van der Waals surface area (Å²) >= 11 is 1.66. The van der Waals surface area contributed by atoms with Crippen LogP contribution in [0.4, 0.5) is 0 Å². The van der Waals surface area contributed by atoms with Crippen molar-refractivity contribution in [2.75, 3.05) is 6.61 Å². The molecule has 0 atom stereocenters. The van der Waals surface area contributed by atoms with Crippen LogP contribution in [-0.4, -0.2) is 22.7 Å². The molecule has 1 N–H and O–H groups in total. The number of hydrogen-bond donors (Lipinski definition) is 1. The lowest BCUT2D eigenvalue weighted by molar-refractivity contribution is -0.137. The molecule has 22 heavy (non-hydrogen) atoms.